The van der Waals surface area contributed by atoms with Gasteiger partial charge in [0, 0.05) is 23.3 Å². The van der Waals surface area contributed by atoms with Crippen LogP contribution in [0.5, 0.6) is 0 Å². The molecule has 1 heterocycles. The summed E-state index contributed by atoms with van der Waals surface area (Å²) in [5.41, 5.74) is 6.94. The number of benzene rings is 1. The first-order valence-corrected chi connectivity index (χ1v) is 8.14. The van der Waals surface area contributed by atoms with Crippen LogP contribution in [0.15, 0.2) is 24.3 Å². The van der Waals surface area contributed by atoms with Crippen molar-refractivity contribution in [1.82, 2.24) is 5.32 Å². The molecule has 21 heavy (non-hydrogen) atoms. The molecule has 1 aromatic rings. The molecule has 0 spiro atoms. The lowest BCUT2D eigenvalue weighted by atomic mass is 9.88. The fourth-order valence-corrected chi connectivity index (χ4v) is 3.84. The lowest BCUT2D eigenvalue weighted by Gasteiger charge is -2.33. The van der Waals surface area contributed by atoms with Gasteiger partial charge in [0.05, 0.1) is 0 Å². The Bertz CT molecular complexity index is 479. The Kier molecular flexibility index (Phi) is 4.44. The van der Waals surface area contributed by atoms with Gasteiger partial charge in [-0.05, 0) is 62.4 Å². The summed E-state index contributed by atoms with van der Waals surface area (Å²) >= 11 is 0. The fourth-order valence-electron chi connectivity index (χ4n) is 3.84. The summed E-state index contributed by atoms with van der Waals surface area (Å²) in [6, 6.07) is 8.73. The van der Waals surface area contributed by atoms with Gasteiger partial charge < -0.3 is 16.4 Å². The van der Waals surface area contributed by atoms with Gasteiger partial charge >= 0.3 is 0 Å². The number of nitrogens with one attached hydrogen (secondary N) is 2. The highest BCUT2D eigenvalue weighted by Gasteiger charge is 2.34. The van der Waals surface area contributed by atoms with E-state index >= 15 is 0 Å². The van der Waals surface area contributed by atoms with Crippen molar-refractivity contribution in [3.05, 3.63) is 29.8 Å². The molecule has 4 heteroatoms. The molecule has 2 aliphatic rings. The van der Waals surface area contributed by atoms with Gasteiger partial charge in [-0.15, -0.1) is 0 Å². The number of primary amides is 1. The van der Waals surface area contributed by atoms with Crippen LogP contribution in [0.2, 0.25) is 0 Å². The van der Waals surface area contributed by atoms with Crippen LogP contribution in [0.25, 0.3) is 0 Å². The molecule has 1 amide bonds. The Morgan fingerprint density at radius 3 is 2.57 bits per heavy atom. The third-order valence-electron chi connectivity index (χ3n) is 4.96. The van der Waals surface area contributed by atoms with Gasteiger partial charge in [-0.3, -0.25) is 4.79 Å². The summed E-state index contributed by atoms with van der Waals surface area (Å²) in [6.07, 6.45) is 7.84. The molecule has 0 bridgehead atoms. The Morgan fingerprint density at radius 1 is 1.10 bits per heavy atom. The third-order valence-corrected chi connectivity index (χ3v) is 4.96. The van der Waals surface area contributed by atoms with E-state index in [0.717, 1.165) is 11.6 Å². The van der Waals surface area contributed by atoms with E-state index in [-0.39, 0.29) is 5.91 Å². The highest BCUT2D eigenvalue weighted by molar-refractivity contribution is 5.93. The largest absolute Gasteiger partial charge is 0.382 e. The van der Waals surface area contributed by atoms with Gasteiger partial charge in [-0.25, -0.2) is 0 Å². The molecule has 0 radical (unpaired) electrons. The molecule has 114 valence electrons. The van der Waals surface area contributed by atoms with Crippen molar-refractivity contribution in [2.24, 2.45) is 11.7 Å². The second kappa shape index (κ2) is 6.48. The number of carbonyl (C=O) groups is 1. The van der Waals surface area contributed by atoms with Crippen molar-refractivity contribution in [2.75, 3.05) is 11.9 Å². The van der Waals surface area contributed by atoms with Crippen LogP contribution in [0.1, 0.15) is 48.9 Å². The molecular weight excluding hydrogens is 262 g/mol. The number of hydrogen-bond donors (Lipinski definition) is 3. The smallest absolute Gasteiger partial charge is 0.248 e. The number of hydrogen-bond acceptors (Lipinski definition) is 3. The molecule has 0 aromatic heterocycles. The van der Waals surface area contributed by atoms with Crippen LogP contribution in [-0.4, -0.2) is 24.5 Å². The quantitative estimate of drug-likeness (QED) is 0.797. The first-order valence-electron chi connectivity index (χ1n) is 8.14. The van der Waals surface area contributed by atoms with Crippen molar-refractivity contribution in [1.29, 1.82) is 0 Å². The number of amides is 1. The summed E-state index contributed by atoms with van der Waals surface area (Å²) in [6.45, 7) is 1.17. The maximum Gasteiger partial charge on any atom is 0.248 e. The Morgan fingerprint density at radius 2 is 1.90 bits per heavy atom. The lowest BCUT2D eigenvalue weighted by Crippen LogP contribution is -2.44. The van der Waals surface area contributed by atoms with Crippen LogP contribution in [-0.2, 0) is 0 Å². The maximum atomic E-state index is 11.1. The zero-order chi connectivity index (χ0) is 14.7. The minimum Gasteiger partial charge on any atom is -0.382 e. The zero-order valence-corrected chi connectivity index (χ0v) is 12.5. The molecule has 4 nitrogen and oxygen atoms in total. The molecule has 3 rings (SSSR count). The zero-order valence-electron chi connectivity index (χ0n) is 12.5. The van der Waals surface area contributed by atoms with Crippen LogP contribution < -0.4 is 16.4 Å². The first kappa shape index (κ1) is 14.4. The summed E-state index contributed by atoms with van der Waals surface area (Å²) in [5, 5.41) is 7.36. The highest BCUT2D eigenvalue weighted by Crippen LogP contribution is 2.33. The van der Waals surface area contributed by atoms with Gasteiger partial charge in [-0.1, -0.05) is 12.8 Å². The van der Waals surface area contributed by atoms with E-state index in [1.807, 2.05) is 12.1 Å². The average Bonchev–Trinajstić information content (AvgIpc) is 2.97. The van der Waals surface area contributed by atoms with E-state index in [4.69, 9.17) is 5.73 Å². The number of anilines is 1. The minimum absolute atomic E-state index is 0.369. The van der Waals surface area contributed by atoms with Gasteiger partial charge in [0.15, 0.2) is 0 Å². The Balaban J connectivity index is 1.64. The molecule has 1 saturated heterocycles. The van der Waals surface area contributed by atoms with Gasteiger partial charge in [0.1, 0.15) is 0 Å². The molecule has 3 unspecified atom stereocenters. The summed E-state index contributed by atoms with van der Waals surface area (Å²) < 4.78 is 0. The summed E-state index contributed by atoms with van der Waals surface area (Å²) in [7, 11) is 0. The van der Waals surface area contributed by atoms with Crippen molar-refractivity contribution < 1.29 is 4.79 Å². The predicted molar refractivity (Wildman–Crippen MR) is 85.4 cm³/mol. The van der Waals surface area contributed by atoms with E-state index in [2.05, 4.69) is 10.6 Å². The molecular formula is C17H25N3O. The lowest BCUT2D eigenvalue weighted by molar-refractivity contribution is 0.100. The Hall–Kier alpha value is -1.55. The van der Waals surface area contributed by atoms with Crippen LogP contribution in [0.4, 0.5) is 5.69 Å². The normalized spacial score (nSPS) is 29.2. The summed E-state index contributed by atoms with van der Waals surface area (Å²) in [5.74, 6) is 0.354. The predicted octanol–water partition coefficient (Wildman–Crippen LogP) is 2.51. The molecule has 1 aromatic carbocycles. The maximum absolute atomic E-state index is 11.1. The van der Waals surface area contributed by atoms with E-state index < -0.39 is 0 Å². The molecule has 2 fully saturated rings. The number of piperidine rings is 1. The number of carbonyl (C=O) groups excluding carboxylic acids is 1. The summed E-state index contributed by atoms with van der Waals surface area (Å²) in [4.78, 5) is 11.1. The average molecular weight is 287 g/mol. The van der Waals surface area contributed by atoms with E-state index in [0.29, 0.717) is 17.6 Å². The first-order chi connectivity index (χ1) is 10.2. The number of nitrogens with two attached hydrogens (primary N) is 1. The highest BCUT2D eigenvalue weighted by atomic mass is 16.1. The van der Waals surface area contributed by atoms with Crippen molar-refractivity contribution in [3.8, 4) is 0 Å². The molecule has 1 aliphatic heterocycles. The SMILES string of the molecule is NC(=O)c1ccc(NC2CCCC2C2CCCCN2)cc1. The molecule has 1 aliphatic carbocycles. The molecule has 1 saturated carbocycles. The van der Waals surface area contributed by atoms with Gasteiger partial charge in [0.2, 0.25) is 5.91 Å². The van der Waals surface area contributed by atoms with Crippen LogP contribution in [0, 0.1) is 5.92 Å². The second-order valence-corrected chi connectivity index (χ2v) is 6.34. The minimum atomic E-state index is -0.369. The number of rotatable bonds is 4. The topological polar surface area (TPSA) is 67.2 Å². The van der Waals surface area contributed by atoms with Gasteiger partial charge in [0.25, 0.3) is 0 Å². The monoisotopic (exact) mass is 287 g/mol. The van der Waals surface area contributed by atoms with E-state index in [1.54, 1.807) is 12.1 Å². The van der Waals surface area contributed by atoms with Gasteiger partial charge in [-0.2, -0.15) is 0 Å². The van der Waals surface area contributed by atoms with E-state index in [1.165, 1.54) is 45.1 Å². The Labute approximate surface area is 126 Å². The molecule has 4 N–H and O–H groups in total. The van der Waals surface area contributed by atoms with Crippen molar-refractivity contribution in [2.45, 2.75) is 50.6 Å². The molecule has 3 atom stereocenters. The third kappa shape index (κ3) is 3.38. The second-order valence-electron chi connectivity index (χ2n) is 6.34. The van der Waals surface area contributed by atoms with E-state index in [9.17, 15) is 4.79 Å². The van der Waals surface area contributed by atoms with Crippen molar-refractivity contribution >= 4 is 11.6 Å². The van der Waals surface area contributed by atoms with Crippen molar-refractivity contribution in [3.63, 3.8) is 0 Å². The van der Waals surface area contributed by atoms with Crippen LogP contribution >= 0.6 is 0 Å². The standard InChI is InChI=1S/C17H25N3O/c18-17(21)12-7-9-13(10-8-12)20-16-6-3-4-14(16)15-5-1-2-11-19-15/h7-10,14-16,19-20H,1-6,11H2,(H2,18,21). The van der Waals surface area contributed by atoms with Crippen LogP contribution in [0.3, 0.4) is 0 Å². The fraction of sp³-hybridized carbons (Fsp3) is 0.588.